The van der Waals surface area contributed by atoms with E-state index in [4.69, 9.17) is 16.2 Å². The van der Waals surface area contributed by atoms with Crippen LogP contribution < -0.4 is 11.5 Å². The van der Waals surface area contributed by atoms with Crippen molar-refractivity contribution in [3.63, 3.8) is 0 Å². The lowest BCUT2D eigenvalue weighted by atomic mass is 10.1. The Morgan fingerprint density at radius 2 is 2.05 bits per heavy atom. The third-order valence-electron chi connectivity index (χ3n) is 3.34. The zero-order valence-corrected chi connectivity index (χ0v) is 11.3. The van der Waals surface area contributed by atoms with Crippen molar-refractivity contribution in [2.75, 3.05) is 31.2 Å². The predicted molar refractivity (Wildman–Crippen MR) is 75.8 cm³/mol. The number of benzene rings is 1. The van der Waals surface area contributed by atoms with Crippen LogP contribution in [0.1, 0.15) is 30.1 Å². The van der Waals surface area contributed by atoms with E-state index in [0.717, 1.165) is 19.4 Å². The largest absolute Gasteiger partial charge is 0.399 e. The van der Waals surface area contributed by atoms with Gasteiger partial charge in [-0.1, -0.05) is 0 Å². The molecule has 0 saturated carbocycles. The molecule has 1 saturated heterocycles. The third-order valence-corrected chi connectivity index (χ3v) is 3.34. The highest BCUT2D eigenvalue weighted by Gasteiger charge is 2.22. The Kier molecular flexibility index (Phi) is 4.27. The number of anilines is 2. The average molecular weight is 263 g/mol. The van der Waals surface area contributed by atoms with Crippen molar-refractivity contribution in [2.24, 2.45) is 0 Å². The van der Waals surface area contributed by atoms with Crippen LogP contribution in [-0.4, -0.2) is 36.6 Å². The molecule has 0 spiro atoms. The Labute approximate surface area is 113 Å². The van der Waals surface area contributed by atoms with Gasteiger partial charge in [0.25, 0.3) is 5.91 Å². The van der Waals surface area contributed by atoms with Crippen LogP contribution in [-0.2, 0) is 4.74 Å². The van der Waals surface area contributed by atoms with Crippen LogP contribution in [0.5, 0.6) is 0 Å². The first kappa shape index (κ1) is 13.7. The molecule has 1 aliphatic rings. The van der Waals surface area contributed by atoms with E-state index in [2.05, 4.69) is 0 Å². The summed E-state index contributed by atoms with van der Waals surface area (Å²) in [5.74, 6) is -0.0444. The van der Waals surface area contributed by atoms with Crippen molar-refractivity contribution in [1.29, 1.82) is 0 Å². The first-order chi connectivity index (χ1) is 9.10. The summed E-state index contributed by atoms with van der Waals surface area (Å²) >= 11 is 0. The summed E-state index contributed by atoms with van der Waals surface area (Å²) in [7, 11) is 0. The van der Waals surface area contributed by atoms with Gasteiger partial charge < -0.3 is 21.1 Å². The van der Waals surface area contributed by atoms with E-state index in [9.17, 15) is 4.79 Å². The van der Waals surface area contributed by atoms with Gasteiger partial charge >= 0.3 is 0 Å². The normalized spacial score (nSPS) is 18.5. The van der Waals surface area contributed by atoms with Crippen molar-refractivity contribution < 1.29 is 9.53 Å². The van der Waals surface area contributed by atoms with Gasteiger partial charge in [-0.25, -0.2) is 0 Å². The molecule has 104 valence electrons. The maximum Gasteiger partial charge on any atom is 0.254 e. The van der Waals surface area contributed by atoms with Gasteiger partial charge in [0, 0.05) is 36.6 Å². The summed E-state index contributed by atoms with van der Waals surface area (Å²) in [6.07, 6.45) is 2.24. The number of nitrogens with zero attached hydrogens (tertiary/aromatic N) is 1. The molecule has 1 aromatic rings. The molecule has 1 atom stereocenters. The highest BCUT2D eigenvalue weighted by atomic mass is 16.5. The van der Waals surface area contributed by atoms with Gasteiger partial charge in [-0.05, 0) is 38.0 Å². The van der Waals surface area contributed by atoms with E-state index in [1.54, 1.807) is 23.1 Å². The molecule has 1 aromatic carbocycles. The van der Waals surface area contributed by atoms with Crippen LogP contribution in [0.2, 0.25) is 0 Å². The van der Waals surface area contributed by atoms with Crippen molar-refractivity contribution >= 4 is 17.3 Å². The van der Waals surface area contributed by atoms with Gasteiger partial charge in [0.15, 0.2) is 0 Å². The molecule has 5 heteroatoms. The fourth-order valence-electron chi connectivity index (χ4n) is 2.37. The Morgan fingerprint density at radius 3 is 2.58 bits per heavy atom. The van der Waals surface area contributed by atoms with Gasteiger partial charge in [-0.2, -0.15) is 0 Å². The van der Waals surface area contributed by atoms with Crippen LogP contribution in [0.15, 0.2) is 18.2 Å². The maximum absolute atomic E-state index is 12.4. The summed E-state index contributed by atoms with van der Waals surface area (Å²) in [6.45, 7) is 4.03. The summed E-state index contributed by atoms with van der Waals surface area (Å²) in [6, 6.07) is 4.97. The van der Waals surface area contributed by atoms with E-state index < -0.39 is 0 Å². The van der Waals surface area contributed by atoms with Crippen molar-refractivity contribution in [2.45, 2.75) is 25.9 Å². The van der Waals surface area contributed by atoms with Crippen molar-refractivity contribution in [3.05, 3.63) is 23.8 Å². The highest BCUT2D eigenvalue weighted by molar-refractivity contribution is 5.96. The molecule has 4 N–H and O–H groups in total. The Bertz CT molecular complexity index is 436. The molecule has 1 heterocycles. The van der Waals surface area contributed by atoms with Gasteiger partial charge in [-0.15, -0.1) is 0 Å². The number of rotatable bonds is 4. The van der Waals surface area contributed by atoms with Crippen LogP contribution in [0.3, 0.4) is 0 Å². The second-order valence-corrected chi connectivity index (χ2v) is 4.87. The maximum atomic E-state index is 12.4. The van der Waals surface area contributed by atoms with E-state index >= 15 is 0 Å². The topological polar surface area (TPSA) is 81.6 Å². The molecule has 1 fully saturated rings. The van der Waals surface area contributed by atoms with Gasteiger partial charge in [-0.3, -0.25) is 4.79 Å². The number of amides is 1. The quantitative estimate of drug-likeness (QED) is 0.806. The summed E-state index contributed by atoms with van der Waals surface area (Å²) in [5, 5.41) is 0. The first-order valence-electron chi connectivity index (χ1n) is 6.67. The number of carbonyl (C=O) groups excluding carboxylic acids is 1. The number of nitrogen functional groups attached to an aromatic ring is 2. The number of carbonyl (C=O) groups is 1. The lowest BCUT2D eigenvalue weighted by Gasteiger charge is -2.24. The standard InChI is InChI=1S/C14H21N3O2/c1-2-17(9-13-4-3-5-19-13)14(18)10-6-11(15)8-12(16)7-10/h6-8,13H,2-5,9,15-16H2,1H3. The van der Waals surface area contributed by atoms with E-state index in [1.807, 2.05) is 6.92 Å². The fourth-order valence-corrected chi connectivity index (χ4v) is 2.37. The second-order valence-electron chi connectivity index (χ2n) is 4.87. The fraction of sp³-hybridized carbons (Fsp3) is 0.500. The zero-order chi connectivity index (χ0) is 13.8. The predicted octanol–water partition coefficient (Wildman–Crippen LogP) is 1.49. The van der Waals surface area contributed by atoms with Gasteiger partial charge in [0.05, 0.1) is 6.10 Å². The number of hydrogen-bond acceptors (Lipinski definition) is 4. The van der Waals surface area contributed by atoms with Crippen LogP contribution >= 0.6 is 0 Å². The molecular weight excluding hydrogens is 242 g/mol. The minimum absolute atomic E-state index is 0.0444. The number of hydrogen-bond donors (Lipinski definition) is 2. The Morgan fingerprint density at radius 1 is 1.37 bits per heavy atom. The Hall–Kier alpha value is -1.75. The van der Waals surface area contributed by atoms with Gasteiger partial charge in [0.1, 0.15) is 0 Å². The van der Waals surface area contributed by atoms with Crippen LogP contribution in [0, 0.1) is 0 Å². The first-order valence-corrected chi connectivity index (χ1v) is 6.67. The molecule has 0 bridgehead atoms. The van der Waals surface area contributed by atoms with Crippen molar-refractivity contribution in [3.8, 4) is 0 Å². The summed E-state index contributed by atoms with van der Waals surface area (Å²) < 4.78 is 5.58. The van der Waals surface area contributed by atoms with Crippen LogP contribution in [0.25, 0.3) is 0 Å². The molecular formula is C14H21N3O2. The molecule has 1 amide bonds. The molecule has 0 radical (unpaired) electrons. The second kappa shape index (κ2) is 5.93. The monoisotopic (exact) mass is 263 g/mol. The molecule has 19 heavy (non-hydrogen) atoms. The highest BCUT2D eigenvalue weighted by Crippen LogP contribution is 2.18. The third kappa shape index (κ3) is 3.38. The molecule has 1 unspecified atom stereocenters. The minimum atomic E-state index is -0.0444. The summed E-state index contributed by atoms with van der Waals surface area (Å²) in [5.41, 5.74) is 13.0. The Balaban J connectivity index is 2.10. The van der Waals surface area contributed by atoms with E-state index in [-0.39, 0.29) is 12.0 Å². The lowest BCUT2D eigenvalue weighted by Crippen LogP contribution is -2.37. The van der Waals surface area contributed by atoms with Gasteiger partial charge in [0.2, 0.25) is 0 Å². The molecule has 0 aliphatic carbocycles. The average Bonchev–Trinajstić information content (AvgIpc) is 2.86. The SMILES string of the molecule is CCN(CC1CCCO1)C(=O)c1cc(N)cc(N)c1. The van der Waals surface area contributed by atoms with Crippen molar-refractivity contribution in [1.82, 2.24) is 4.90 Å². The molecule has 1 aliphatic heterocycles. The summed E-state index contributed by atoms with van der Waals surface area (Å²) in [4.78, 5) is 14.2. The van der Waals surface area contributed by atoms with Crippen LogP contribution in [0.4, 0.5) is 11.4 Å². The minimum Gasteiger partial charge on any atom is -0.399 e. The smallest absolute Gasteiger partial charge is 0.254 e. The van der Waals surface area contributed by atoms with E-state index in [0.29, 0.717) is 30.0 Å². The lowest BCUT2D eigenvalue weighted by molar-refractivity contribution is 0.0539. The molecule has 2 rings (SSSR count). The zero-order valence-electron chi connectivity index (χ0n) is 11.3. The number of nitrogens with two attached hydrogens (primary N) is 2. The molecule has 5 nitrogen and oxygen atoms in total. The van der Waals surface area contributed by atoms with E-state index in [1.165, 1.54) is 0 Å². The molecule has 0 aromatic heterocycles. The number of ether oxygens (including phenoxy) is 1. The number of likely N-dealkylation sites (N-methyl/N-ethyl adjacent to an activating group) is 1.